The van der Waals surface area contributed by atoms with E-state index < -0.39 is 17.9 Å². The van der Waals surface area contributed by atoms with E-state index in [2.05, 4.69) is 114 Å². The predicted octanol–water partition coefficient (Wildman–Crippen LogP) is 10.7. The summed E-state index contributed by atoms with van der Waals surface area (Å²) in [4.78, 5) is 63.2. The number of nitrogens with one attached hydrogen (secondary N) is 5. The maximum Gasteiger partial charge on any atom is 0.225 e. The van der Waals surface area contributed by atoms with Crippen molar-refractivity contribution in [2.24, 2.45) is 23.7 Å². The number of piperidine rings is 2. The van der Waals surface area contributed by atoms with E-state index in [1.54, 1.807) is 12.4 Å². The number of likely N-dealkylation sites (tertiary alicyclic amines) is 1. The number of carbonyl (C=O) groups excluding carboxylic acids is 4. The zero-order valence-corrected chi connectivity index (χ0v) is 54.5. The molecule has 2 aromatic heterocycles. The van der Waals surface area contributed by atoms with E-state index in [9.17, 15) is 24.3 Å². The van der Waals surface area contributed by atoms with Gasteiger partial charge in [-0.25, -0.2) is 0 Å². The lowest BCUT2D eigenvalue weighted by Gasteiger charge is -2.37. The third-order valence-electron chi connectivity index (χ3n) is 17.6. The second-order valence-electron chi connectivity index (χ2n) is 24.8. The number of nitrogens with zero attached hydrogens (tertiary/aromatic N) is 3. The van der Waals surface area contributed by atoms with E-state index >= 15 is 0 Å². The highest BCUT2D eigenvalue weighted by molar-refractivity contribution is 5.89. The number of unbranched alkanes of at least 4 members (excludes halogenated alkanes) is 4. The summed E-state index contributed by atoms with van der Waals surface area (Å²) in [5.74, 6) is 0.0262. The summed E-state index contributed by atoms with van der Waals surface area (Å²) in [7, 11) is 0. The molecule has 0 saturated carbocycles. The minimum Gasteiger partial charge on any atom is -0.490 e. The maximum atomic E-state index is 13.5. The monoisotopic (exact) mass is 1270 g/mol. The molecule has 0 bridgehead atoms. The molecule has 3 fully saturated rings. The number of β-amino-alcohol motifs (C(OH)–C–C–N with tert-alkyl or cyclic N) is 1. The van der Waals surface area contributed by atoms with Gasteiger partial charge in [0.05, 0.1) is 41.3 Å². The fraction of sp³-hybridized carbons (Fsp3) is 0.410. The van der Waals surface area contributed by atoms with Gasteiger partial charge in [-0.3, -0.25) is 34.0 Å². The average molecular weight is 1270 g/mol. The molecule has 0 unspecified atom stereocenters. The van der Waals surface area contributed by atoms with Crippen LogP contribution in [0.2, 0.25) is 0 Å². The fourth-order valence-corrected chi connectivity index (χ4v) is 12.3. The molecule has 16 heteroatoms. The Morgan fingerprint density at radius 3 is 1.35 bits per heavy atom. The smallest absolute Gasteiger partial charge is 0.225 e. The first-order valence-corrected chi connectivity index (χ1v) is 34.2. The number of aromatic nitrogens is 2. The third kappa shape index (κ3) is 23.8. The van der Waals surface area contributed by atoms with Gasteiger partial charge in [-0.05, 0) is 174 Å². The number of epoxide rings is 1. The fourth-order valence-electron chi connectivity index (χ4n) is 12.3. The van der Waals surface area contributed by atoms with Crippen LogP contribution in [0.5, 0.6) is 11.5 Å². The number of ether oxygens (including phenoxy) is 3. The molecule has 94 heavy (non-hydrogen) atoms. The van der Waals surface area contributed by atoms with Crippen molar-refractivity contribution in [1.29, 1.82) is 0 Å². The van der Waals surface area contributed by atoms with E-state index in [1.165, 1.54) is 22.3 Å². The number of fused-ring (bicyclic) bond motifs is 2. The molecule has 6 aromatic carbocycles. The Morgan fingerprint density at radius 1 is 0.489 bits per heavy atom. The summed E-state index contributed by atoms with van der Waals surface area (Å²) in [5.41, 5.74) is 7.06. The summed E-state index contributed by atoms with van der Waals surface area (Å²) in [6.45, 7) is 6.84. The van der Waals surface area contributed by atoms with Gasteiger partial charge in [0.2, 0.25) is 23.6 Å². The van der Waals surface area contributed by atoms with Gasteiger partial charge in [-0.15, -0.1) is 0 Å². The molecule has 4 amide bonds. The number of benzene rings is 6. The van der Waals surface area contributed by atoms with Gasteiger partial charge >= 0.3 is 0 Å². The van der Waals surface area contributed by atoms with Gasteiger partial charge in [0.25, 0.3) is 0 Å². The van der Waals surface area contributed by atoms with Gasteiger partial charge in [-0.1, -0.05) is 133 Å². The van der Waals surface area contributed by atoms with Crippen molar-refractivity contribution in [3.05, 3.63) is 217 Å². The number of aryl methyl sites for hydroxylation is 4. The molecule has 0 spiro atoms. The third-order valence-corrected chi connectivity index (χ3v) is 17.6. The second kappa shape index (κ2) is 39.2. The Labute approximate surface area is 555 Å². The average Bonchev–Trinajstić information content (AvgIpc) is 1.69. The van der Waals surface area contributed by atoms with E-state index in [0.29, 0.717) is 77.6 Å². The quantitative estimate of drug-likeness (QED) is 0.0172. The normalized spacial score (nSPS) is 17.8. The number of rotatable bonds is 32. The van der Waals surface area contributed by atoms with Gasteiger partial charge < -0.3 is 45.9 Å². The second-order valence-corrected chi connectivity index (χ2v) is 24.8. The van der Waals surface area contributed by atoms with Gasteiger partial charge in [0.1, 0.15) is 36.9 Å². The Bertz CT molecular complexity index is 3430. The lowest BCUT2D eigenvalue weighted by Crippen LogP contribution is -2.53. The lowest BCUT2D eigenvalue weighted by atomic mass is 9.83. The molecule has 16 nitrogen and oxygen atoms in total. The number of carbonyl (C=O) groups is 4. The number of amides is 4. The van der Waals surface area contributed by atoms with Crippen molar-refractivity contribution < 1.29 is 38.5 Å². The largest absolute Gasteiger partial charge is 0.490 e. The number of aliphatic hydroxyl groups excluding tert-OH is 1. The van der Waals surface area contributed by atoms with Gasteiger partial charge in [-0.2, -0.15) is 0 Å². The molecular formula is C78H96N8O8. The molecule has 496 valence electrons. The molecule has 6 atom stereocenters. The first kappa shape index (κ1) is 69.8. The Morgan fingerprint density at radius 2 is 0.904 bits per heavy atom. The van der Waals surface area contributed by atoms with Gasteiger partial charge in [0, 0.05) is 69.0 Å². The van der Waals surface area contributed by atoms with Crippen molar-refractivity contribution in [3.8, 4) is 11.5 Å². The zero-order chi connectivity index (χ0) is 65.2. The molecule has 3 aliphatic rings. The van der Waals surface area contributed by atoms with Crippen LogP contribution in [-0.4, -0.2) is 135 Å². The summed E-state index contributed by atoms with van der Waals surface area (Å²) < 4.78 is 16.8. The minimum atomic E-state index is -0.751. The first-order valence-electron chi connectivity index (χ1n) is 34.2. The van der Waals surface area contributed by atoms with Crippen LogP contribution in [0, 0.1) is 23.7 Å². The van der Waals surface area contributed by atoms with Crippen molar-refractivity contribution >= 4 is 45.4 Å². The Balaban J connectivity index is 0.000000189. The van der Waals surface area contributed by atoms with E-state index in [4.69, 9.17) is 14.2 Å². The van der Waals surface area contributed by atoms with Crippen molar-refractivity contribution in [2.75, 3.05) is 78.7 Å². The van der Waals surface area contributed by atoms with E-state index in [-0.39, 0.29) is 48.2 Å². The molecule has 6 N–H and O–H groups in total. The summed E-state index contributed by atoms with van der Waals surface area (Å²) in [5, 5.41) is 28.5. The number of pyridine rings is 2. The molecule has 11 rings (SSSR count). The molecule has 5 heterocycles. The van der Waals surface area contributed by atoms with Gasteiger partial charge in [0.15, 0.2) is 0 Å². The van der Waals surface area contributed by atoms with E-state index in [0.717, 1.165) is 118 Å². The van der Waals surface area contributed by atoms with Crippen LogP contribution in [0.4, 0.5) is 0 Å². The van der Waals surface area contributed by atoms with Crippen LogP contribution in [0.25, 0.3) is 21.8 Å². The molecular weight excluding hydrogens is 1180 g/mol. The SMILES string of the molecule is O=C(NCCCCc1ccccc1)[C@H]1CN(C[C@@H](O)COc2cccc3ncccc23)CC[C@H]1C(=O)NCCCCc1ccccc1.O=C(NCCCCc1ccccc1)[C@H]1CNCC[C@H]1C(=O)NCCCCc1ccccc1.c1cc(OC[C@H]2CO2)c2cccnc2c1. The Kier molecular flexibility index (Phi) is 29.1. The summed E-state index contributed by atoms with van der Waals surface area (Å²) >= 11 is 0. The predicted molar refractivity (Wildman–Crippen MR) is 372 cm³/mol. The van der Waals surface area contributed by atoms with Crippen LogP contribution in [-0.2, 0) is 49.6 Å². The summed E-state index contributed by atoms with van der Waals surface area (Å²) in [6, 6.07) is 60.9. The van der Waals surface area contributed by atoms with Crippen LogP contribution < -0.4 is 36.1 Å². The molecule has 8 aromatic rings. The lowest BCUT2D eigenvalue weighted by molar-refractivity contribution is -0.138. The van der Waals surface area contributed by atoms with Crippen LogP contribution in [0.3, 0.4) is 0 Å². The van der Waals surface area contributed by atoms with Crippen molar-refractivity contribution in [3.63, 3.8) is 0 Å². The number of hydrogen-bond donors (Lipinski definition) is 6. The maximum absolute atomic E-state index is 13.5. The topological polar surface area (TPSA) is 209 Å². The minimum absolute atomic E-state index is 0.00105. The highest BCUT2D eigenvalue weighted by Crippen LogP contribution is 2.28. The Hall–Kier alpha value is -8.54. The molecule has 0 aliphatic carbocycles. The van der Waals surface area contributed by atoms with Crippen LogP contribution in [0.15, 0.2) is 194 Å². The standard InChI is InChI=1S/C39H48N4O4.C27H37N3O2.C12H11NO2/c44-32(29-47-37-21-11-20-36-34(37)19-12-25-40-36)27-43-26-22-33(38(45)41-23-9-7-17-30-13-3-1-4-14-30)35(28-43)39(46)42-24-10-8-18-31-15-5-2-6-16-31;31-26(29-18-9-7-15-22-11-3-1-4-12-22)24-17-20-28-21-25(24)27(32)30-19-10-8-16-23-13-5-2-6-14-23;1-4-11-10(3-2-6-13-11)12(5-1)15-8-9-7-14-9/h1-6,11-16,19-21,25,32-33,35,44H,7-10,17-18,22-24,26-29H2,(H,41,45)(H,42,46);1-6,11-14,24-25,28H,7-10,15-21H2,(H,29,31)(H,30,32);1-6,9H,7-8H2/t32-,33-,35+;24-,25+;9-/m111/s1. The molecule has 0 radical (unpaired) electrons. The van der Waals surface area contributed by atoms with Crippen LogP contribution in [0.1, 0.15) is 86.5 Å². The number of hydrogen-bond acceptors (Lipinski definition) is 12. The van der Waals surface area contributed by atoms with Crippen LogP contribution >= 0.6 is 0 Å². The highest BCUT2D eigenvalue weighted by Gasteiger charge is 2.39. The van der Waals surface area contributed by atoms with E-state index in [1.807, 2.05) is 109 Å². The van der Waals surface area contributed by atoms with Crippen molar-refractivity contribution in [2.45, 2.75) is 102 Å². The van der Waals surface area contributed by atoms with Crippen molar-refractivity contribution in [1.82, 2.24) is 41.5 Å². The zero-order valence-electron chi connectivity index (χ0n) is 54.5. The number of aliphatic hydroxyl groups is 1. The summed E-state index contributed by atoms with van der Waals surface area (Å²) in [6.07, 6.45) is 16.0. The first-order chi connectivity index (χ1) is 46.2. The molecule has 3 saturated heterocycles. The highest BCUT2D eigenvalue weighted by atomic mass is 16.6. The molecule has 3 aliphatic heterocycles.